The van der Waals surface area contributed by atoms with Crippen molar-refractivity contribution >= 4 is 34.7 Å². The molecule has 1 aromatic rings. The molecule has 1 saturated heterocycles. The number of nitrogens with zero attached hydrogens (tertiary/aromatic N) is 5. The number of aromatic nitrogens is 1. The standard InChI is InChI=1S/C15H25Cl2N7/c1-2-3-4-24(19)14(21-18)11-22-5-7-23(8-6-22)15-12(16)9-20-10-13(15)17/h9-10H,2-8,11,18-19H2,1H3/b21-14-. The second kappa shape index (κ2) is 9.27. The van der Waals surface area contributed by atoms with Gasteiger partial charge in [-0.15, -0.1) is 0 Å². The number of pyridine rings is 1. The number of unbranched alkanes of at least 4 members (excludes halogenated alkanes) is 1. The average molecular weight is 374 g/mol. The Labute approximate surface area is 153 Å². The zero-order valence-electron chi connectivity index (χ0n) is 14.0. The van der Waals surface area contributed by atoms with Crippen LogP contribution >= 0.6 is 23.2 Å². The van der Waals surface area contributed by atoms with Gasteiger partial charge in [0.1, 0.15) is 0 Å². The summed E-state index contributed by atoms with van der Waals surface area (Å²) in [6.45, 7) is 6.88. The van der Waals surface area contributed by atoms with Crippen molar-refractivity contribution in [3.8, 4) is 0 Å². The van der Waals surface area contributed by atoms with E-state index in [1.165, 1.54) is 0 Å². The SMILES string of the molecule is CCCCN(N)/C(CN1CCN(c2c(Cl)cncc2Cl)CC1)=N\N. The molecule has 2 rings (SSSR count). The number of amidine groups is 1. The predicted molar refractivity (Wildman–Crippen MR) is 100 cm³/mol. The Morgan fingerprint density at radius 1 is 1.25 bits per heavy atom. The molecule has 9 heteroatoms. The quantitative estimate of drug-likeness (QED) is 0.342. The second-order valence-corrected chi connectivity index (χ2v) is 6.62. The third kappa shape index (κ3) is 4.86. The van der Waals surface area contributed by atoms with Gasteiger partial charge in [0.25, 0.3) is 0 Å². The monoisotopic (exact) mass is 373 g/mol. The highest BCUT2D eigenvalue weighted by molar-refractivity contribution is 6.38. The average Bonchev–Trinajstić information content (AvgIpc) is 2.58. The van der Waals surface area contributed by atoms with Crippen LogP contribution in [-0.4, -0.2) is 60.0 Å². The third-order valence-corrected chi connectivity index (χ3v) is 4.67. The smallest absolute Gasteiger partial charge is 0.152 e. The Bertz CT molecular complexity index is 539. The fourth-order valence-electron chi connectivity index (χ4n) is 2.70. The summed E-state index contributed by atoms with van der Waals surface area (Å²) in [6, 6.07) is 0. The van der Waals surface area contributed by atoms with Gasteiger partial charge in [0, 0.05) is 45.1 Å². The van der Waals surface area contributed by atoms with E-state index in [0.29, 0.717) is 22.4 Å². The lowest BCUT2D eigenvalue weighted by molar-refractivity contribution is 0.277. The lowest BCUT2D eigenvalue weighted by Gasteiger charge is -2.37. The van der Waals surface area contributed by atoms with Gasteiger partial charge < -0.3 is 10.7 Å². The molecule has 0 saturated carbocycles. The van der Waals surface area contributed by atoms with Crippen LogP contribution in [0.5, 0.6) is 0 Å². The summed E-state index contributed by atoms with van der Waals surface area (Å²) in [5, 5.41) is 6.65. The van der Waals surface area contributed by atoms with Gasteiger partial charge in [-0.05, 0) is 6.42 Å². The van der Waals surface area contributed by atoms with Crippen molar-refractivity contribution in [2.24, 2.45) is 16.8 Å². The molecule has 4 N–H and O–H groups in total. The van der Waals surface area contributed by atoms with Crippen molar-refractivity contribution in [2.75, 3.05) is 44.2 Å². The first-order valence-electron chi connectivity index (χ1n) is 8.12. The normalized spacial score (nSPS) is 16.5. The minimum absolute atomic E-state index is 0.577. The number of piperazine rings is 1. The maximum absolute atomic E-state index is 6.24. The molecule has 0 bridgehead atoms. The first kappa shape index (κ1) is 19.1. The molecule has 1 fully saturated rings. The molecule has 0 amide bonds. The first-order valence-corrected chi connectivity index (χ1v) is 8.87. The molecular weight excluding hydrogens is 349 g/mol. The maximum atomic E-state index is 6.24. The van der Waals surface area contributed by atoms with E-state index >= 15 is 0 Å². The van der Waals surface area contributed by atoms with Gasteiger partial charge in [-0.3, -0.25) is 14.9 Å². The van der Waals surface area contributed by atoms with Gasteiger partial charge >= 0.3 is 0 Å². The number of nitrogens with two attached hydrogens (primary N) is 2. The van der Waals surface area contributed by atoms with Gasteiger partial charge in [-0.25, -0.2) is 5.84 Å². The van der Waals surface area contributed by atoms with Crippen LogP contribution in [0.3, 0.4) is 0 Å². The lowest BCUT2D eigenvalue weighted by Crippen LogP contribution is -2.52. The summed E-state index contributed by atoms with van der Waals surface area (Å²) < 4.78 is 0. The van der Waals surface area contributed by atoms with Gasteiger partial charge in [0.2, 0.25) is 0 Å². The van der Waals surface area contributed by atoms with Gasteiger partial charge in [-0.2, -0.15) is 5.10 Å². The maximum Gasteiger partial charge on any atom is 0.152 e. The number of hydrazone groups is 1. The van der Waals surface area contributed by atoms with E-state index in [4.69, 9.17) is 34.9 Å². The minimum atomic E-state index is 0.577. The van der Waals surface area contributed by atoms with Crippen molar-refractivity contribution < 1.29 is 0 Å². The summed E-state index contributed by atoms with van der Waals surface area (Å²) in [7, 11) is 0. The minimum Gasteiger partial charge on any atom is -0.366 e. The highest BCUT2D eigenvalue weighted by Crippen LogP contribution is 2.32. The Morgan fingerprint density at radius 2 is 1.88 bits per heavy atom. The molecule has 134 valence electrons. The van der Waals surface area contributed by atoms with Crippen LogP contribution in [0, 0.1) is 0 Å². The number of halogens is 2. The number of rotatable bonds is 6. The molecule has 0 atom stereocenters. The first-order chi connectivity index (χ1) is 11.6. The number of anilines is 1. The molecule has 7 nitrogen and oxygen atoms in total. The van der Waals surface area contributed by atoms with E-state index in [-0.39, 0.29) is 0 Å². The summed E-state index contributed by atoms with van der Waals surface area (Å²) in [5.41, 5.74) is 0.851. The summed E-state index contributed by atoms with van der Waals surface area (Å²) in [5.74, 6) is 12.2. The highest BCUT2D eigenvalue weighted by atomic mass is 35.5. The molecule has 1 aliphatic rings. The number of hydrogen-bond donors (Lipinski definition) is 2. The van der Waals surface area contributed by atoms with Gasteiger partial charge in [0.15, 0.2) is 5.84 Å². The van der Waals surface area contributed by atoms with Crippen LogP contribution in [0.2, 0.25) is 10.0 Å². The van der Waals surface area contributed by atoms with E-state index in [9.17, 15) is 0 Å². The third-order valence-electron chi connectivity index (χ3n) is 4.11. The van der Waals surface area contributed by atoms with Crippen LogP contribution in [0.4, 0.5) is 5.69 Å². The Kier molecular flexibility index (Phi) is 7.36. The topological polar surface area (TPSA) is 87.0 Å². The Balaban J connectivity index is 1.90. The molecule has 1 aliphatic heterocycles. The summed E-state index contributed by atoms with van der Waals surface area (Å²) in [6.07, 6.45) is 5.34. The van der Waals surface area contributed by atoms with Crippen LogP contribution < -0.4 is 16.6 Å². The fraction of sp³-hybridized carbons (Fsp3) is 0.600. The van der Waals surface area contributed by atoms with Crippen molar-refractivity contribution in [2.45, 2.75) is 19.8 Å². The van der Waals surface area contributed by atoms with Crippen LogP contribution in [0.15, 0.2) is 17.5 Å². The van der Waals surface area contributed by atoms with Crippen LogP contribution in [-0.2, 0) is 0 Å². The van der Waals surface area contributed by atoms with E-state index < -0.39 is 0 Å². The molecule has 0 aromatic carbocycles. The zero-order valence-corrected chi connectivity index (χ0v) is 15.5. The van der Waals surface area contributed by atoms with E-state index in [1.54, 1.807) is 17.4 Å². The van der Waals surface area contributed by atoms with E-state index in [2.05, 4.69) is 26.8 Å². The largest absolute Gasteiger partial charge is 0.366 e. The van der Waals surface area contributed by atoms with Crippen molar-refractivity contribution in [3.63, 3.8) is 0 Å². The molecule has 0 spiro atoms. The second-order valence-electron chi connectivity index (χ2n) is 5.81. The van der Waals surface area contributed by atoms with Crippen molar-refractivity contribution in [1.29, 1.82) is 0 Å². The summed E-state index contributed by atoms with van der Waals surface area (Å²) >= 11 is 12.5. The molecular formula is C15H25Cl2N7. The number of hydrazine groups is 1. The predicted octanol–water partition coefficient (Wildman–Crippen LogP) is 1.76. The van der Waals surface area contributed by atoms with Crippen LogP contribution in [0.25, 0.3) is 0 Å². The lowest BCUT2D eigenvalue weighted by atomic mass is 10.2. The van der Waals surface area contributed by atoms with Crippen molar-refractivity contribution in [3.05, 3.63) is 22.4 Å². The molecule has 2 heterocycles. The van der Waals surface area contributed by atoms with Crippen molar-refractivity contribution in [1.82, 2.24) is 14.9 Å². The van der Waals surface area contributed by atoms with Crippen LogP contribution in [0.1, 0.15) is 19.8 Å². The molecule has 0 unspecified atom stereocenters. The summed E-state index contributed by atoms with van der Waals surface area (Å²) in [4.78, 5) is 8.45. The van der Waals surface area contributed by atoms with E-state index in [1.807, 2.05) is 0 Å². The number of hydrogen-bond acceptors (Lipinski definition) is 6. The zero-order chi connectivity index (χ0) is 17.5. The van der Waals surface area contributed by atoms with E-state index in [0.717, 1.165) is 51.3 Å². The molecule has 1 aromatic heterocycles. The van der Waals surface area contributed by atoms with Gasteiger partial charge in [-0.1, -0.05) is 36.5 Å². The molecule has 24 heavy (non-hydrogen) atoms. The Morgan fingerprint density at radius 3 is 2.42 bits per heavy atom. The molecule has 0 aliphatic carbocycles. The van der Waals surface area contributed by atoms with Gasteiger partial charge in [0.05, 0.1) is 22.3 Å². The highest BCUT2D eigenvalue weighted by Gasteiger charge is 2.22. The Hall–Kier alpha value is -1.28. The molecule has 0 radical (unpaired) electrons. The fourth-order valence-corrected chi connectivity index (χ4v) is 3.30.